The Bertz CT molecular complexity index is 413. The zero-order valence-corrected chi connectivity index (χ0v) is 10.7. The van der Waals surface area contributed by atoms with Gasteiger partial charge in [-0.1, -0.05) is 18.6 Å². The minimum atomic E-state index is 0.757. The maximum Gasteiger partial charge on any atom is 0.0605 e. The number of rotatable bonds is 1. The van der Waals surface area contributed by atoms with Gasteiger partial charge in [-0.05, 0) is 50.2 Å². The largest absolute Gasteiger partial charge is 0.397 e. The summed E-state index contributed by atoms with van der Waals surface area (Å²) in [5.41, 5.74) is 9.73. The van der Waals surface area contributed by atoms with Gasteiger partial charge in [0.15, 0.2) is 0 Å². The molecule has 2 atom stereocenters. The van der Waals surface area contributed by atoms with E-state index in [0.29, 0.717) is 0 Å². The van der Waals surface area contributed by atoms with Crippen molar-refractivity contribution >= 4 is 11.4 Å². The molecule has 3 rings (SSSR count). The summed E-state index contributed by atoms with van der Waals surface area (Å²) in [5.74, 6) is 0.920. The second-order valence-corrected chi connectivity index (χ2v) is 5.60. The third-order valence-corrected chi connectivity index (χ3v) is 4.60. The van der Waals surface area contributed by atoms with Crippen LogP contribution in [0.1, 0.15) is 37.7 Å². The molecular formula is C15H22N2. The number of hydrogen-bond acceptors (Lipinski definition) is 2. The fraction of sp³-hybridized carbons (Fsp3) is 0.600. The van der Waals surface area contributed by atoms with Crippen molar-refractivity contribution in [1.29, 1.82) is 0 Å². The average molecular weight is 230 g/mol. The number of anilines is 2. The molecule has 2 nitrogen and oxygen atoms in total. The van der Waals surface area contributed by atoms with Gasteiger partial charge < -0.3 is 10.6 Å². The molecule has 0 spiro atoms. The van der Waals surface area contributed by atoms with Crippen LogP contribution in [0, 0.1) is 12.8 Å². The third kappa shape index (κ3) is 1.80. The number of nitrogens with zero attached hydrogens (tertiary/aromatic N) is 1. The molecule has 2 unspecified atom stereocenters. The smallest absolute Gasteiger partial charge is 0.0605 e. The quantitative estimate of drug-likeness (QED) is 0.750. The molecule has 92 valence electrons. The van der Waals surface area contributed by atoms with Crippen molar-refractivity contribution in [2.45, 2.75) is 45.1 Å². The molecule has 17 heavy (non-hydrogen) atoms. The number of hydrogen-bond donors (Lipinski definition) is 1. The molecule has 0 radical (unpaired) electrons. The van der Waals surface area contributed by atoms with Crippen molar-refractivity contribution in [3.63, 3.8) is 0 Å². The number of nitrogen functional groups attached to an aromatic ring is 1. The van der Waals surface area contributed by atoms with Crippen molar-refractivity contribution in [3.8, 4) is 0 Å². The van der Waals surface area contributed by atoms with Crippen LogP contribution < -0.4 is 10.6 Å². The number of piperidine rings is 1. The van der Waals surface area contributed by atoms with Gasteiger partial charge in [0.2, 0.25) is 0 Å². The monoisotopic (exact) mass is 230 g/mol. The summed E-state index contributed by atoms with van der Waals surface area (Å²) in [7, 11) is 0. The molecule has 1 aromatic rings. The average Bonchev–Trinajstić information content (AvgIpc) is 2.81. The molecule has 1 aliphatic carbocycles. The van der Waals surface area contributed by atoms with E-state index in [-0.39, 0.29) is 0 Å². The number of para-hydroxylation sites is 1. The Morgan fingerprint density at radius 1 is 1.18 bits per heavy atom. The lowest BCUT2D eigenvalue weighted by Crippen LogP contribution is -2.43. The van der Waals surface area contributed by atoms with E-state index in [1.165, 1.54) is 49.9 Å². The molecule has 1 saturated carbocycles. The van der Waals surface area contributed by atoms with E-state index in [1.807, 2.05) is 0 Å². The van der Waals surface area contributed by atoms with E-state index in [2.05, 4.69) is 30.0 Å². The second kappa shape index (κ2) is 4.25. The minimum Gasteiger partial charge on any atom is -0.397 e. The molecule has 2 heteroatoms. The maximum absolute atomic E-state index is 6.25. The van der Waals surface area contributed by atoms with Crippen LogP contribution >= 0.6 is 0 Å². The normalized spacial score (nSPS) is 28.2. The lowest BCUT2D eigenvalue weighted by Gasteiger charge is -2.40. The van der Waals surface area contributed by atoms with Crippen LogP contribution in [-0.2, 0) is 0 Å². The molecule has 0 bridgehead atoms. The molecule has 2 aliphatic rings. The van der Waals surface area contributed by atoms with E-state index in [0.717, 1.165) is 17.6 Å². The Morgan fingerprint density at radius 2 is 2.00 bits per heavy atom. The SMILES string of the molecule is Cc1cccc(N2CCCC3CCCC32)c1N. The molecule has 1 heterocycles. The lowest BCUT2D eigenvalue weighted by atomic mass is 9.91. The van der Waals surface area contributed by atoms with Crippen LogP contribution in [0.5, 0.6) is 0 Å². The molecule has 0 amide bonds. The van der Waals surface area contributed by atoms with E-state index < -0.39 is 0 Å². The van der Waals surface area contributed by atoms with Gasteiger partial charge in [-0.25, -0.2) is 0 Å². The van der Waals surface area contributed by atoms with Crippen molar-refractivity contribution in [3.05, 3.63) is 23.8 Å². The maximum atomic E-state index is 6.25. The molecule has 2 fully saturated rings. The topological polar surface area (TPSA) is 29.3 Å². The van der Waals surface area contributed by atoms with Gasteiger partial charge in [0.05, 0.1) is 11.4 Å². The zero-order chi connectivity index (χ0) is 11.8. The van der Waals surface area contributed by atoms with Gasteiger partial charge in [0, 0.05) is 12.6 Å². The lowest BCUT2D eigenvalue weighted by molar-refractivity contribution is 0.363. The number of benzene rings is 1. The number of fused-ring (bicyclic) bond motifs is 1. The van der Waals surface area contributed by atoms with E-state index in [4.69, 9.17) is 5.73 Å². The highest BCUT2D eigenvalue weighted by Crippen LogP contribution is 2.41. The van der Waals surface area contributed by atoms with Gasteiger partial charge in [-0.15, -0.1) is 0 Å². The zero-order valence-electron chi connectivity index (χ0n) is 10.7. The summed E-state index contributed by atoms with van der Waals surface area (Å²) >= 11 is 0. The summed E-state index contributed by atoms with van der Waals surface area (Å²) in [6, 6.07) is 7.20. The van der Waals surface area contributed by atoms with Gasteiger partial charge in [-0.2, -0.15) is 0 Å². The molecule has 1 saturated heterocycles. The Hall–Kier alpha value is -1.18. The van der Waals surface area contributed by atoms with E-state index >= 15 is 0 Å². The Balaban J connectivity index is 1.94. The summed E-state index contributed by atoms with van der Waals surface area (Å²) < 4.78 is 0. The van der Waals surface area contributed by atoms with Crippen LogP contribution in [0.3, 0.4) is 0 Å². The van der Waals surface area contributed by atoms with Gasteiger partial charge >= 0.3 is 0 Å². The Kier molecular flexibility index (Phi) is 2.73. The predicted octanol–water partition coefficient (Wildman–Crippen LogP) is 3.35. The Labute approximate surface area is 104 Å². The predicted molar refractivity (Wildman–Crippen MR) is 73.3 cm³/mol. The van der Waals surface area contributed by atoms with Crippen LogP contribution in [0.15, 0.2) is 18.2 Å². The summed E-state index contributed by atoms with van der Waals surface area (Å²) in [6.07, 6.45) is 6.93. The summed E-state index contributed by atoms with van der Waals surface area (Å²) in [4.78, 5) is 2.59. The summed E-state index contributed by atoms with van der Waals surface area (Å²) in [5, 5.41) is 0. The molecular weight excluding hydrogens is 208 g/mol. The van der Waals surface area contributed by atoms with Crippen LogP contribution in [0.2, 0.25) is 0 Å². The summed E-state index contributed by atoms with van der Waals surface area (Å²) in [6.45, 7) is 3.30. The van der Waals surface area contributed by atoms with E-state index in [9.17, 15) is 0 Å². The molecule has 0 aromatic heterocycles. The standard InChI is InChI=1S/C15H22N2/c1-11-5-2-9-14(15(11)16)17-10-4-7-12-6-3-8-13(12)17/h2,5,9,12-13H,3-4,6-8,10,16H2,1H3. The highest BCUT2D eigenvalue weighted by atomic mass is 15.2. The van der Waals surface area contributed by atoms with E-state index in [1.54, 1.807) is 0 Å². The van der Waals surface area contributed by atoms with Crippen LogP contribution in [0.25, 0.3) is 0 Å². The van der Waals surface area contributed by atoms with Crippen molar-refractivity contribution in [2.24, 2.45) is 5.92 Å². The molecule has 2 N–H and O–H groups in total. The van der Waals surface area contributed by atoms with Gasteiger partial charge in [0.25, 0.3) is 0 Å². The first-order valence-corrected chi connectivity index (χ1v) is 6.89. The number of aryl methyl sites for hydroxylation is 1. The Morgan fingerprint density at radius 3 is 2.88 bits per heavy atom. The number of nitrogens with two attached hydrogens (primary N) is 1. The van der Waals surface area contributed by atoms with Gasteiger partial charge in [-0.3, -0.25) is 0 Å². The van der Waals surface area contributed by atoms with Crippen molar-refractivity contribution in [1.82, 2.24) is 0 Å². The molecule has 1 aliphatic heterocycles. The van der Waals surface area contributed by atoms with Crippen molar-refractivity contribution in [2.75, 3.05) is 17.2 Å². The first-order chi connectivity index (χ1) is 8.27. The first kappa shape index (κ1) is 10.9. The third-order valence-electron chi connectivity index (χ3n) is 4.60. The van der Waals surface area contributed by atoms with Crippen LogP contribution in [0.4, 0.5) is 11.4 Å². The highest BCUT2D eigenvalue weighted by Gasteiger charge is 2.35. The molecule has 1 aromatic carbocycles. The first-order valence-electron chi connectivity index (χ1n) is 6.89. The highest BCUT2D eigenvalue weighted by molar-refractivity contribution is 5.71. The van der Waals surface area contributed by atoms with Crippen LogP contribution in [-0.4, -0.2) is 12.6 Å². The minimum absolute atomic E-state index is 0.757. The van der Waals surface area contributed by atoms with Gasteiger partial charge in [0.1, 0.15) is 0 Å². The fourth-order valence-electron chi connectivity index (χ4n) is 3.67. The fourth-order valence-corrected chi connectivity index (χ4v) is 3.67. The van der Waals surface area contributed by atoms with Crippen molar-refractivity contribution < 1.29 is 0 Å². The second-order valence-electron chi connectivity index (χ2n) is 5.60.